The first-order valence-corrected chi connectivity index (χ1v) is 6.00. The minimum Gasteiger partial charge on any atom is -0.392 e. The zero-order valence-electron chi connectivity index (χ0n) is 9.85. The van der Waals surface area contributed by atoms with Crippen molar-refractivity contribution in [1.82, 2.24) is 10.2 Å². The predicted molar refractivity (Wildman–Crippen MR) is 68.3 cm³/mol. The summed E-state index contributed by atoms with van der Waals surface area (Å²) in [6.07, 6.45) is 2.05. The molecule has 5 N–H and O–H groups in total. The maximum atomic E-state index is 11.8. The van der Waals surface area contributed by atoms with Gasteiger partial charge < -0.3 is 21.7 Å². The van der Waals surface area contributed by atoms with Crippen molar-refractivity contribution in [2.45, 2.75) is 25.3 Å². The number of likely N-dealkylation sites (tertiary alicyclic amines) is 1. The monoisotopic (exact) mass is 272 g/mol. The van der Waals surface area contributed by atoms with Gasteiger partial charge >= 0.3 is 11.8 Å². The van der Waals surface area contributed by atoms with E-state index in [-0.39, 0.29) is 11.5 Å². The lowest BCUT2D eigenvalue weighted by Crippen LogP contribution is -2.55. The third-order valence-corrected chi connectivity index (χ3v) is 2.85. The number of carbonyl (C=O) groups excluding carboxylic acids is 3. The smallest absolute Gasteiger partial charge is 0.312 e. The number of nitrogens with one attached hydrogen (secondary N) is 1. The molecule has 0 spiro atoms. The number of hydrogen-bond acceptors (Lipinski definition) is 4. The lowest BCUT2D eigenvalue weighted by atomic mass is 10.0. The summed E-state index contributed by atoms with van der Waals surface area (Å²) in [5, 5.41) is 2.29. The van der Waals surface area contributed by atoms with Crippen molar-refractivity contribution in [1.29, 1.82) is 0 Å². The quantitative estimate of drug-likeness (QED) is 0.416. The Morgan fingerprint density at radius 1 is 1.28 bits per heavy atom. The molecular weight excluding hydrogens is 256 g/mol. The Balaban J connectivity index is 2.65. The second kappa shape index (κ2) is 6.29. The van der Waals surface area contributed by atoms with Gasteiger partial charge in [-0.25, -0.2) is 0 Å². The van der Waals surface area contributed by atoms with Crippen LogP contribution in [0.25, 0.3) is 0 Å². The van der Waals surface area contributed by atoms with Gasteiger partial charge in [0.2, 0.25) is 5.91 Å². The van der Waals surface area contributed by atoms with Crippen LogP contribution in [0.15, 0.2) is 0 Å². The van der Waals surface area contributed by atoms with Crippen molar-refractivity contribution in [3.63, 3.8) is 0 Å². The number of thiocarbonyl (C=S) groups is 1. The van der Waals surface area contributed by atoms with Crippen LogP contribution in [0.2, 0.25) is 0 Å². The molecule has 1 rings (SSSR count). The molecule has 0 radical (unpaired) electrons. The van der Waals surface area contributed by atoms with Crippen molar-refractivity contribution >= 4 is 34.9 Å². The summed E-state index contributed by atoms with van der Waals surface area (Å²) in [4.78, 5) is 35.9. The van der Waals surface area contributed by atoms with E-state index in [1.807, 2.05) is 0 Å². The van der Waals surface area contributed by atoms with Crippen LogP contribution in [-0.2, 0) is 14.4 Å². The third-order valence-electron chi connectivity index (χ3n) is 2.71. The topological polar surface area (TPSA) is 119 Å². The van der Waals surface area contributed by atoms with Gasteiger partial charge in [-0.15, -0.1) is 0 Å². The fourth-order valence-corrected chi connectivity index (χ4v) is 1.92. The van der Waals surface area contributed by atoms with Gasteiger partial charge in [-0.05, 0) is 19.3 Å². The zero-order chi connectivity index (χ0) is 13.7. The first-order chi connectivity index (χ1) is 8.43. The number of nitrogens with zero attached hydrogens (tertiary/aromatic N) is 1. The summed E-state index contributed by atoms with van der Waals surface area (Å²) < 4.78 is 0. The van der Waals surface area contributed by atoms with Gasteiger partial charge in [0, 0.05) is 6.54 Å². The predicted octanol–water partition coefficient (Wildman–Crippen LogP) is -1.74. The molecule has 0 aromatic carbocycles. The van der Waals surface area contributed by atoms with Crippen LogP contribution in [0.3, 0.4) is 0 Å². The number of nitrogens with two attached hydrogens (primary N) is 2. The molecule has 1 atom stereocenters. The van der Waals surface area contributed by atoms with Gasteiger partial charge in [-0.1, -0.05) is 12.2 Å². The Morgan fingerprint density at radius 3 is 2.50 bits per heavy atom. The van der Waals surface area contributed by atoms with Crippen molar-refractivity contribution < 1.29 is 14.4 Å². The van der Waals surface area contributed by atoms with Crippen molar-refractivity contribution in [3.8, 4) is 0 Å². The number of amides is 3. The van der Waals surface area contributed by atoms with Gasteiger partial charge in [0.1, 0.15) is 6.04 Å². The molecule has 1 aliphatic rings. The van der Waals surface area contributed by atoms with Crippen LogP contribution in [0.4, 0.5) is 0 Å². The van der Waals surface area contributed by atoms with E-state index >= 15 is 0 Å². The maximum Gasteiger partial charge on any atom is 0.312 e. The Labute approximate surface area is 110 Å². The average molecular weight is 272 g/mol. The highest BCUT2D eigenvalue weighted by Crippen LogP contribution is 2.16. The van der Waals surface area contributed by atoms with E-state index in [9.17, 15) is 14.4 Å². The van der Waals surface area contributed by atoms with Gasteiger partial charge in [0.25, 0.3) is 0 Å². The molecule has 1 aliphatic heterocycles. The molecule has 1 saturated heterocycles. The van der Waals surface area contributed by atoms with Crippen molar-refractivity contribution in [3.05, 3.63) is 0 Å². The van der Waals surface area contributed by atoms with Crippen LogP contribution in [0.5, 0.6) is 0 Å². The summed E-state index contributed by atoms with van der Waals surface area (Å²) in [6.45, 7) is 0.307. The van der Waals surface area contributed by atoms with E-state index < -0.39 is 23.8 Å². The molecule has 7 nitrogen and oxygen atoms in total. The van der Waals surface area contributed by atoms with Gasteiger partial charge in [0.15, 0.2) is 0 Å². The maximum absolute atomic E-state index is 11.8. The number of primary amides is 1. The van der Waals surface area contributed by atoms with Crippen molar-refractivity contribution in [2.24, 2.45) is 11.5 Å². The lowest BCUT2D eigenvalue weighted by molar-refractivity contribution is -0.150. The van der Waals surface area contributed by atoms with Crippen molar-refractivity contribution in [2.75, 3.05) is 13.1 Å². The van der Waals surface area contributed by atoms with E-state index in [2.05, 4.69) is 17.5 Å². The summed E-state index contributed by atoms with van der Waals surface area (Å²) >= 11 is 4.59. The molecule has 0 saturated carbocycles. The Kier molecular flexibility index (Phi) is 5.02. The molecule has 3 amide bonds. The summed E-state index contributed by atoms with van der Waals surface area (Å²) in [5.41, 5.74) is 10.4. The number of piperidine rings is 1. The molecule has 18 heavy (non-hydrogen) atoms. The molecule has 1 unspecified atom stereocenters. The van der Waals surface area contributed by atoms with E-state index in [1.54, 1.807) is 0 Å². The number of carbonyl (C=O) groups is 3. The SMILES string of the molecule is NC(=O)C1CCCCN1C(=O)C(=O)NCC(N)=S. The highest BCUT2D eigenvalue weighted by atomic mass is 32.1. The zero-order valence-corrected chi connectivity index (χ0v) is 10.7. The highest BCUT2D eigenvalue weighted by Gasteiger charge is 2.33. The first-order valence-electron chi connectivity index (χ1n) is 5.60. The number of rotatable bonds is 3. The lowest BCUT2D eigenvalue weighted by Gasteiger charge is -2.32. The molecule has 0 aliphatic carbocycles. The van der Waals surface area contributed by atoms with E-state index in [0.717, 1.165) is 12.8 Å². The third kappa shape index (κ3) is 3.66. The van der Waals surface area contributed by atoms with Crippen LogP contribution in [-0.4, -0.2) is 46.7 Å². The second-order valence-corrected chi connectivity index (χ2v) is 4.59. The largest absolute Gasteiger partial charge is 0.392 e. The summed E-state index contributed by atoms with van der Waals surface area (Å²) in [5.74, 6) is -2.18. The first kappa shape index (κ1) is 14.4. The minimum atomic E-state index is -0.823. The minimum absolute atomic E-state index is 0.0466. The summed E-state index contributed by atoms with van der Waals surface area (Å²) in [7, 11) is 0. The standard InChI is InChI=1S/C10H16N4O3S/c11-7(18)5-13-9(16)10(17)14-4-2-1-3-6(14)8(12)15/h6H,1-5H2,(H2,11,18)(H2,12,15)(H,13,16). The normalized spacial score (nSPS) is 19.1. The molecule has 1 heterocycles. The van der Waals surface area contributed by atoms with Gasteiger partial charge in [-0.2, -0.15) is 0 Å². The Morgan fingerprint density at radius 2 is 1.94 bits per heavy atom. The van der Waals surface area contributed by atoms with Gasteiger partial charge in [0.05, 0.1) is 11.5 Å². The Hall–Kier alpha value is -1.70. The van der Waals surface area contributed by atoms with Crippen LogP contribution < -0.4 is 16.8 Å². The second-order valence-electron chi connectivity index (χ2n) is 4.06. The number of hydrogen-bond donors (Lipinski definition) is 3. The molecule has 1 fully saturated rings. The van der Waals surface area contributed by atoms with Crippen LogP contribution >= 0.6 is 12.2 Å². The van der Waals surface area contributed by atoms with E-state index in [0.29, 0.717) is 13.0 Å². The molecular formula is C10H16N4O3S. The fraction of sp³-hybridized carbons (Fsp3) is 0.600. The van der Waals surface area contributed by atoms with Gasteiger partial charge in [-0.3, -0.25) is 14.4 Å². The average Bonchev–Trinajstić information content (AvgIpc) is 2.34. The van der Waals surface area contributed by atoms with E-state index in [4.69, 9.17) is 11.5 Å². The molecule has 0 bridgehead atoms. The molecule has 0 aromatic heterocycles. The highest BCUT2D eigenvalue weighted by molar-refractivity contribution is 7.80. The molecule has 100 valence electrons. The van der Waals surface area contributed by atoms with Crippen LogP contribution in [0.1, 0.15) is 19.3 Å². The van der Waals surface area contributed by atoms with Crippen LogP contribution in [0, 0.1) is 0 Å². The fourth-order valence-electron chi connectivity index (χ4n) is 1.84. The molecule has 0 aromatic rings. The van der Waals surface area contributed by atoms with E-state index in [1.165, 1.54) is 4.90 Å². The summed E-state index contributed by atoms with van der Waals surface area (Å²) in [6, 6.07) is -0.707. The molecule has 8 heteroatoms. The Bertz CT molecular complexity index is 385.